The van der Waals surface area contributed by atoms with Crippen LogP contribution in [0.1, 0.15) is 43.2 Å². The standard InChI is InChI=1S/C15H15N/c16-11-7-12-6-10-15(8-3-9-15)14-5-2-1-4-13(12)14/h1-2,4-5,7H,3,6,8-10H2. The molecule has 1 aromatic carbocycles. The predicted octanol–water partition coefficient (Wildman–Crippen LogP) is 3.81. The van der Waals surface area contributed by atoms with Crippen LogP contribution in [0.4, 0.5) is 0 Å². The van der Waals surface area contributed by atoms with Crippen molar-refractivity contribution in [2.45, 2.75) is 37.5 Å². The van der Waals surface area contributed by atoms with Crippen molar-refractivity contribution in [3.8, 4) is 6.07 Å². The van der Waals surface area contributed by atoms with Crippen molar-refractivity contribution in [3.05, 3.63) is 41.5 Å². The smallest absolute Gasteiger partial charge is 0.0915 e. The van der Waals surface area contributed by atoms with Crippen molar-refractivity contribution in [3.63, 3.8) is 0 Å². The predicted molar refractivity (Wildman–Crippen MR) is 64.8 cm³/mol. The maximum Gasteiger partial charge on any atom is 0.0915 e. The van der Waals surface area contributed by atoms with Crippen molar-refractivity contribution < 1.29 is 0 Å². The zero-order chi connectivity index (χ0) is 11.0. The SMILES string of the molecule is N#CC=C1CCC2(CCC2)c2ccccc21. The van der Waals surface area contributed by atoms with Crippen LogP contribution in [0.2, 0.25) is 0 Å². The van der Waals surface area contributed by atoms with E-state index in [0.29, 0.717) is 5.41 Å². The first-order chi connectivity index (χ1) is 7.86. The van der Waals surface area contributed by atoms with Crippen LogP contribution in [0.5, 0.6) is 0 Å². The van der Waals surface area contributed by atoms with Gasteiger partial charge in [0.1, 0.15) is 0 Å². The monoisotopic (exact) mass is 209 g/mol. The molecule has 0 unspecified atom stereocenters. The molecule has 3 rings (SSSR count). The van der Waals surface area contributed by atoms with Gasteiger partial charge in [-0.15, -0.1) is 0 Å². The number of allylic oxidation sites excluding steroid dienone is 2. The van der Waals surface area contributed by atoms with E-state index in [1.54, 1.807) is 6.08 Å². The number of hydrogen-bond donors (Lipinski definition) is 0. The largest absolute Gasteiger partial charge is 0.193 e. The molecule has 2 aliphatic carbocycles. The molecule has 1 nitrogen and oxygen atoms in total. The second kappa shape index (κ2) is 3.49. The quantitative estimate of drug-likeness (QED) is 0.596. The van der Waals surface area contributed by atoms with Gasteiger partial charge in [0.15, 0.2) is 0 Å². The molecule has 0 atom stereocenters. The van der Waals surface area contributed by atoms with Crippen molar-refractivity contribution in [1.29, 1.82) is 5.26 Å². The molecule has 0 bridgehead atoms. The fourth-order valence-corrected chi connectivity index (χ4v) is 3.22. The molecule has 0 amide bonds. The molecule has 1 fully saturated rings. The van der Waals surface area contributed by atoms with Crippen LogP contribution >= 0.6 is 0 Å². The molecule has 0 saturated heterocycles. The summed E-state index contributed by atoms with van der Waals surface area (Å²) in [7, 11) is 0. The average molecular weight is 209 g/mol. The molecule has 0 heterocycles. The Balaban J connectivity index is 2.14. The fourth-order valence-electron chi connectivity index (χ4n) is 3.22. The van der Waals surface area contributed by atoms with Gasteiger partial charge in [0.25, 0.3) is 0 Å². The van der Waals surface area contributed by atoms with Gasteiger partial charge in [-0.2, -0.15) is 5.26 Å². The molecule has 80 valence electrons. The summed E-state index contributed by atoms with van der Waals surface area (Å²) in [6, 6.07) is 10.8. The van der Waals surface area contributed by atoms with Gasteiger partial charge >= 0.3 is 0 Å². The van der Waals surface area contributed by atoms with Crippen LogP contribution < -0.4 is 0 Å². The lowest BCUT2D eigenvalue weighted by atomic mass is 9.57. The van der Waals surface area contributed by atoms with Crippen molar-refractivity contribution in [2.24, 2.45) is 0 Å². The highest BCUT2D eigenvalue weighted by Gasteiger charge is 2.42. The first-order valence-corrected chi connectivity index (χ1v) is 6.04. The molecular formula is C15H15N. The Hall–Kier alpha value is -1.55. The minimum atomic E-state index is 0.462. The Kier molecular flexibility index (Phi) is 2.11. The van der Waals surface area contributed by atoms with Crippen molar-refractivity contribution >= 4 is 5.57 Å². The molecule has 2 aliphatic rings. The number of nitrogens with zero attached hydrogens (tertiary/aromatic N) is 1. The van der Waals surface area contributed by atoms with E-state index in [2.05, 4.69) is 30.3 Å². The van der Waals surface area contributed by atoms with E-state index < -0.39 is 0 Å². The lowest BCUT2D eigenvalue weighted by molar-refractivity contribution is 0.223. The number of fused-ring (bicyclic) bond motifs is 2. The molecule has 1 spiro atoms. The Labute approximate surface area is 96.4 Å². The van der Waals surface area contributed by atoms with Gasteiger partial charge in [-0.25, -0.2) is 0 Å². The zero-order valence-electron chi connectivity index (χ0n) is 9.37. The Bertz CT molecular complexity index is 486. The van der Waals surface area contributed by atoms with Crippen LogP contribution in [-0.2, 0) is 5.41 Å². The van der Waals surface area contributed by atoms with Gasteiger partial charge in [0.05, 0.1) is 6.07 Å². The molecule has 0 aliphatic heterocycles. The van der Waals surface area contributed by atoms with Crippen LogP contribution in [0.15, 0.2) is 30.3 Å². The first-order valence-electron chi connectivity index (χ1n) is 6.04. The molecular weight excluding hydrogens is 194 g/mol. The third-order valence-corrected chi connectivity index (χ3v) is 4.27. The lowest BCUT2D eigenvalue weighted by Crippen LogP contribution is -2.37. The van der Waals surface area contributed by atoms with E-state index >= 15 is 0 Å². The van der Waals surface area contributed by atoms with Crippen LogP contribution in [0, 0.1) is 11.3 Å². The van der Waals surface area contributed by atoms with Gasteiger partial charge in [-0.3, -0.25) is 0 Å². The third kappa shape index (κ3) is 1.23. The highest BCUT2D eigenvalue weighted by atomic mass is 14.5. The van der Waals surface area contributed by atoms with Gasteiger partial charge in [0.2, 0.25) is 0 Å². The van der Waals surface area contributed by atoms with E-state index in [-0.39, 0.29) is 0 Å². The molecule has 1 aromatic rings. The van der Waals surface area contributed by atoms with Crippen LogP contribution in [-0.4, -0.2) is 0 Å². The normalized spacial score (nSPS) is 23.6. The molecule has 16 heavy (non-hydrogen) atoms. The summed E-state index contributed by atoms with van der Waals surface area (Å²) in [5, 5.41) is 8.82. The van der Waals surface area contributed by atoms with E-state index in [1.165, 1.54) is 42.4 Å². The summed E-state index contributed by atoms with van der Waals surface area (Å²) in [5.41, 5.74) is 4.52. The topological polar surface area (TPSA) is 23.8 Å². The summed E-state index contributed by atoms with van der Waals surface area (Å²) in [4.78, 5) is 0. The minimum Gasteiger partial charge on any atom is -0.193 e. The van der Waals surface area contributed by atoms with Gasteiger partial charge in [-0.05, 0) is 47.8 Å². The lowest BCUT2D eigenvalue weighted by Gasteiger charge is -2.47. The highest BCUT2D eigenvalue weighted by Crippen LogP contribution is 2.53. The Morgan fingerprint density at radius 2 is 2.00 bits per heavy atom. The summed E-state index contributed by atoms with van der Waals surface area (Å²) in [5.74, 6) is 0. The summed E-state index contributed by atoms with van der Waals surface area (Å²) in [6.45, 7) is 0. The van der Waals surface area contributed by atoms with Crippen molar-refractivity contribution in [1.82, 2.24) is 0 Å². The van der Waals surface area contributed by atoms with Gasteiger partial charge < -0.3 is 0 Å². The van der Waals surface area contributed by atoms with Crippen molar-refractivity contribution in [2.75, 3.05) is 0 Å². The highest BCUT2D eigenvalue weighted by molar-refractivity contribution is 5.73. The zero-order valence-corrected chi connectivity index (χ0v) is 9.37. The molecule has 0 radical (unpaired) electrons. The molecule has 0 aromatic heterocycles. The number of benzene rings is 1. The molecule has 0 N–H and O–H groups in total. The maximum atomic E-state index is 8.82. The second-order valence-electron chi connectivity index (χ2n) is 4.98. The number of nitriles is 1. The summed E-state index contributed by atoms with van der Waals surface area (Å²) >= 11 is 0. The van der Waals surface area contributed by atoms with Gasteiger partial charge in [-0.1, -0.05) is 30.7 Å². The summed E-state index contributed by atoms with van der Waals surface area (Å²) < 4.78 is 0. The summed E-state index contributed by atoms with van der Waals surface area (Å²) in [6.07, 6.45) is 8.08. The second-order valence-corrected chi connectivity index (χ2v) is 4.98. The van der Waals surface area contributed by atoms with E-state index in [9.17, 15) is 0 Å². The average Bonchev–Trinajstić information content (AvgIpc) is 2.28. The molecule has 1 heteroatoms. The third-order valence-electron chi connectivity index (χ3n) is 4.27. The van der Waals surface area contributed by atoms with Gasteiger partial charge in [0, 0.05) is 6.08 Å². The Morgan fingerprint density at radius 1 is 1.19 bits per heavy atom. The van der Waals surface area contributed by atoms with E-state index in [1.807, 2.05) is 0 Å². The number of hydrogen-bond acceptors (Lipinski definition) is 1. The van der Waals surface area contributed by atoms with E-state index in [0.717, 1.165) is 6.42 Å². The first kappa shape index (κ1) is 9.66. The van der Waals surface area contributed by atoms with E-state index in [4.69, 9.17) is 5.26 Å². The maximum absolute atomic E-state index is 8.82. The fraction of sp³-hybridized carbons (Fsp3) is 0.400. The Morgan fingerprint density at radius 3 is 2.69 bits per heavy atom. The number of rotatable bonds is 0. The minimum absolute atomic E-state index is 0.462. The van der Waals surface area contributed by atoms with Crippen LogP contribution in [0.3, 0.4) is 0 Å². The van der Waals surface area contributed by atoms with Crippen LogP contribution in [0.25, 0.3) is 5.57 Å². The molecule has 1 saturated carbocycles.